The molecule has 0 radical (unpaired) electrons. The van der Waals surface area contributed by atoms with Gasteiger partial charge in [-0.2, -0.15) is 0 Å². The van der Waals surface area contributed by atoms with E-state index in [-0.39, 0.29) is 5.04 Å². The summed E-state index contributed by atoms with van der Waals surface area (Å²) in [6.07, 6.45) is 3.49. The van der Waals surface area contributed by atoms with Crippen LogP contribution in [0.1, 0.15) is 26.3 Å². The summed E-state index contributed by atoms with van der Waals surface area (Å²) in [5.74, 6) is 1.30. The number of nitrogens with zero attached hydrogens (tertiary/aromatic N) is 2. The average Bonchev–Trinajstić information content (AvgIpc) is 2.69. The van der Waals surface area contributed by atoms with Crippen molar-refractivity contribution in [2.24, 2.45) is 0 Å². The van der Waals surface area contributed by atoms with Crippen LogP contribution in [0, 0.1) is 0 Å². The van der Waals surface area contributed by atoms with Crippen molar-refractivity contribution in [3.63, 3.8) is 0 Å². The van der Waals surface area contributed by atoms with Crippen molar-refractivity contribution in [2.75, 3.05) is 13.2 Å². The minimum absolute atomic E-state index is 0.185. The molecule has 0 aliphatic carbocycles. The van der Waals surface area contributed by atoms with E-state index >= 15 is 0 Å². The van der Waals surface area contributed by atoms with Gasteiger partial charge in [-0.05, 0) is 54.0 Å². The topological polar surface area (TPSA) is 53.5 Å². The van der Waals surface area contributed by atoms with Crippen LogP contribution in [0.2, 0.25) is 18.1 Å². The molecule has 0 fully saturated rings. The maximum absolute atomic E-state index is 6.28. The van der Waals surface area contributed by atoms with E-state index in [1.165, 1.54) is 0 Å². The summed E-state index contributed by atoms with van der Waals surface area (Å²) in [5, 5.41) is 1.21. The molecule has 0 saturated heterocycles. The van der Waals surface area contributed by atoms with Crippen LogP contribution in [0.25, 0.3) is 10.9 Å². The largest absolute Gasteiger partial charge is 0.488 e. The second-order valence-electron chi connectivity index (χ2n) is 8.76. The van der Waals surface area contributed by atoms with Crippen molar-refractivity contribution in [3.05, 3.63) is 58.8 Å². The molecular formula is C23H29BrN2O3Si. The molecule has 0 aliphatic rings. The lowest BCUT2D eigenvalue weighted by atomic mass is 10.2. The van der Waals surface area contributed by atoms with Gasteiger partial charge in [0.25, 0.3) is 0 Å². The van der Waals surface area contributed by atoms with Crippen LogP contribution in [-0.2, 0) is 11.0 Å². The average molecular weight is 489 g/mol. The highest BCUT2D eigenvalue weighted by Crippen LogP contribution is 2.37. The fourth-order valence-corrected chi connectivity index (χ4v) is 3.91. The Balaban J connectivity index is 1.50. The van der Waals surface area contributed by atoms with Gasteiger partial charge in [0.1, 0.15) is 19.0 Å². The molecule has 0 amide bonds. The molecule has 0 unspecified atom stereocenters. The second-order valence-corrected chi connectivity index (χ2v) is 14.5. The lowest BCUT2D eigenvalue weighted by Crippen LogP contribution is -2.40. The summed E-state index contributed by atoms with van der Waals surface area (Å²) in [5.41, 5.74) is 2.00. The number of hydrogen-bond donors (Lipinski definition) is 0. The molecule has 0 bridgehead atoms. The summed E-state index contributed by atoms with van der Waals surface area (Å²) in [6, 6.07) is 11.8. The summed E-state index contributed by atoms with van der Waals surface area (Å²) in [7, 11) is -1.79. The van der Waals surface area contributed by atoms with Gasteiger partial charge in [-0.15, -0.1) is 0 Å². The van der Waals surface area contributed by atoms with Gasteiger partial charge in [-0.1, -0.05) is 36.7 Å². The Kier molecular flexibility index (Phi) is 7.16. The van der Waals surface area contributed by atoms with Crippen molar-refractivity contribution in [3.8, 4) is 11.6 Å². The fourth-order valence-electron chi connectivity index (χ4n) is 2.57. The first kappa shape index (κ1) is 22.7. The third-order valence-corrected chi connectivity index (χ3v) is 10.4. The van der Waals surface area contributed by atoms with Crippen LogP contribution in [0.3, 0.4) is 0 Å². The highest BCUT2D eigenvalue weighted by Gasteiger charge is 2.37. The third kappa shape index (κ3) is 6.03. The molecule has 0 spiro atoms. The number of aromatic nitrogens is 2. The zero-order chi connectivity index (χ0) is 21.8. The Morgan fingerprint density at radius 1 is 0.967 bits per heavy atom. The van der Waals surface area contributed by atoms with E-state index in [2.05, 4.69) is 59.8 Å². The standard InChI is InChI=1S/C23H29BrN2O3Si/c1-23(2,3)30(4,5)29-16-17-8-9-25-22(12-17)28-11-10-27-20-14-18-13-19(24)6-7-21(18)26-15-20/h6-9,12-15H,10-11,16H2,1-5H3. The number of benzene rings is 1. The maximum Gasteiger partial charge on any atom is 0.213 e. The zero-order valence-electron chi connectivity index (χ0n) is 18.2. The molecule has 0 saturated carbocycles. The Labute approximate surface area is 188 Å². The van der Waals surface area contributed by atoms with E-state index < -0.39 is 8.32 Å². The molecule has 1 aromatic carbocycles. The van der Waals surface area contributed by atoms with Gasteiger partial charge in [0.05, 0.1) is 18.3 Å². The molecular weight excluding hydrogens is 460 g/mol. The molecule has 160 valence electrons. The predicted molar refractivity (Wildman–Crippen MR) is 127 cm³/mol. The van der Waals surface area contributed by atoms with E-state index in [9.17, 15) is 0 Å². The highest BCUT2D eigenvalue weighted by atomic mass is 79.9. The van der Waals surface area contributed by atoms with Crippen molar-refractivity contribution >= 4 is 35.2 Å². The number of pyridine rings is 2. The first-order valence-corrected chi connectivity index (χ1v) is 13.7. The van der Waals surface area contributed by atoms with Gasteiger partial charge in [0, 0.05) is 22.1 Å². The minimum Gasteiger partial charge on any atom is -0.488 e. The molecule has 0 aliphatic heterocycles. The molecule has 0 atom stereocenters. The van der Waals surface area contributed by atoms with Gasteiger partial charge in [-0.3, -0.25) is 4.98 Å². The molecule has 2 aromatic heterocycles. The first-order chi connectivity index (χ1) is 14.1. The van der Waals surface area contributed by atoms with Crippen LogP contribution in [0.5, 0.6) is 11.6 Å². The maximum atomic E-state index is 6.28. The predicted octanol–water partition coefficient (Wildman–Crippen LogP) is 6.37. The number of ether oxygens (including phenoxy) is 2. The highest BCUT2D eigenvalue weighted by molar-refractivity contribution is 9.10. The monoisotopic (exact) mass is 488 g/mol. The number of rotatable bonds is 8. The SMILES string of the molecule is CC(C)(C)[Si](C)(C)OCc1ccnc(OCCOc2cnc3ccc(Br)cc3c2)c1. The van der Waals surface area contributed by atoms with Crippen LogP contribution in [0.4, 0.5) is 0 Å². The Bertz CT molecular complexity index is 1010. The molecule has 3 rings (SSSR count). The van der Waals surface area contributed by atoms with Crippen molar-refractivity contribution < 1.29 is 13.9 Å². The fraction of sp³-hybridized carbons (Fsp3) is 0.391. The first-order valence-electron chi connectivity index (χ1n) is 10.0. The van der Waals surface area contributed by atoms with Gasteiger partial charge in [-0.25, -0.2) is 4.98 Å². The lowest BCUT2D eigenvalue weighted by molar-refractivity contribution is 0.211. The molecule has 5 nitrogen and oxygen atoms in total. The van der Waals surface area contributed by atoms with Crippen molar-refractivity contribution in [1.29, 1.82) is 0 Å². The van der Waals surface area contributed by atoms with Crippen LogP contribution >= 0.6 is 15.9 Å². The van der Waals surface area contributed by atoms with Crippen molar-refractivity contribution in [1.82, 2.24) is 9.97 Å². The summed E-state index contributed by atoms with van der Waals surface area (Å²) < 4.78 is 18.8. The summed E-state index contributed by atoms with van der Waals surface area (Å²) >= 11 is 3.48. The van der Waals surface area contributed by atoms with E-state index in [0.29, 0.717) is 31.5 Å². The second kappa shape index (κ2) is 9.45. The molecule has 3 aromatic rings. The molecule has 2 heterocycles. The molecule has 7 heteroatoms. The van der Waals surface area contributed by atoms with Gasteiger partial charge >= 0.3 is 0 Å². The van der Waals surface area contributed by atoms with E-state index in [1.54, 1.807) is 12.4 Å². The van der Waals surface area contributed by atoms with Crippen molar-refractivity contribution in [2.45, 2.75) is 45.5 Å². The van der Waals surface area contributed by atoms with Gasteiger partial charge < -0.3 is 13.9 Å². The summed E-state index contributed by atoms with van der Waals surface area (Å²) in [4.78, 5) is 8.71. The molecule has 0 N–H and O–H groups in total. The van der Waals surface area contributed by atoms with Crippen LogP contribution in [0.15, 0.2) is 53.3 Å². The summed E-state index contributed by atoms with van der Waals surface area (Å²) in [6.45, 7) is 12.6. The Morgan fingerprint density at radius 3 is 2.50 bits per heavy atom. The van der Waals surface area contributed by atoms with E-state index in [1.807, 2.05) is 36.4 Å². The molecule has 30 heavy (non-hydrogen) atoms. The smallest absolute Gasteiger partial charge is 0.213 e. The van der Waals surface area contributed by atoms with E-state index in [0.717, 1.165) is 20.9 Å². The Hall–Kier alpha value is -1.96. The number of fused-ring (bicyclic) bond motifs is 1. The van der Waals surface area contributed by atoms with Gasteiger partial charge in [0.2, 0.25) is 5.88 Å². The number of hydrogen-bond acceptors (Lipinski definition) is 5. The lowest BCUT2D eigenvalue weighted by Gasteiger charge is -2.36. The number of halogens is 1. The third-order valence-electron chi connectivity index (χ3n) is 5.43. The Morgan fingerprint density at radius 2 is 1.73 bits per heavy atom. The minimum atomic E-state index is -1.79. The van der Waals surface area contributed by atoms with Crippen LogP contribution < -0.4 is 9.47 Å². The quantitative estimate of drug-likeness (QED) is 0.272. The normalized spacial score (nSPS) is 12.2. The van der Waals surface area contributed by atoms with Crippen LogP contribution in [-0.4, -0.2) is 31.5 Å². The van der Waals surface area contributed by atoms with E-state index in [4.69, 9.17) is 13.9 Å². The zero-order valence-corrected chi connectivity index (χ0v) is 20.8. The van der Waals surface area contributed by atoms with Gasteiger partial charge in [0.15, 0.2) is 8.32 Å².